The molecule has 7 heteroatoms. The average Bonchev–Trinajstić information content (AvgIpc) is 2.81. The summed E-state index contributed by atoms with van der Waals surface area (Å²) in [7, 11) is 1.59. The zero-order chi connectivity index (χ0) is 21.3. The predicted molar refractivity (Wildman–Crippen MR) is 113 cm³/mol. The lowest BCUT2D eigenvalue weighted by molar-refractivity contribution is 0.0531. The normalized spacial score (nSPS) is 13.8. The van der Waals surface area contributed by atoms with Crippen molar-refractivity contribution in [1.82, 2.24) is 9.80 Å². The quantitative estimate of drug-likeness (QED) is 0.624. The molecule has 0 atom stereocenters. The summed E-state index contributed by atoms with van der Waals surface area (Å²) in [6, 6.07) is 14.3. The Morgan fingerprint density at radius 2 is 1.50 bits per heavy atom. The summed E-state index contributed by atoms with van der Waals surface area (Å²) in [5, 5.41) is 0. The lowest BCUT2D eigenvalue weighted by Gasteiger charge is -2.35. The first-order valence-electron chi connectivity index (χ1n) is 10.2. The van der Waals surface area contributed by atoms with E-state index in [2.05, 4.69) is 0 Å². The third-order valence-corrected chi connectivity index (χ3v) is 5.00. The second-order valence-electron chi connectivity index (χ2n) is 6.85. The van der Waals surface area contributed by atoms with Crippen LogP contribution in [0.5, 0.6) is 11.5 Å². The first-order chi connectivity index (χ1) is 14.6. The maximum absolute atomic E-state index is 13.0. The first kappa shape index (κ1) is 21.6. The molecule has 1 fully saturated rings. The predicted octanol–water partition coefficient (Wildman–Crippen LogP) is 2.71. The SMILES string of the molecule is CCOCCOc1ccccc1C(=O)N1CCN(C(=O)c2ccc(OC)cc2)CC1. The van der Waals surface area contributed by atoms with Crippen LogP contribution in [0.3, 0.4) is 0 Å². The van der Waals surface area contributed by atoms with Crippen molar-refractivity contribution in [2.45, 2.75) is 6.92 Å². The monoisotopic (exact) mass is 412 g/mol. The molecule has 1 heterocycles. The van der Waals surface area contributed by atoms with Crippen molar-refractivity contribution < 1.29 is 23.8 Å². The lowest BCUT2D eigenvalue weighted by atomic mass is 10.1. The fourth-order valence-electron chi connectivity index (χ4n) is 3.32. The molecule has 3 rings (SSSR count). The van der Waals surface area contributed by atoms with Crippen LogP contribution in [0.2, 0.25) is 0 Å². The van der Waals surface area contributed by atoms with E-state index in [0.717, 1.165) is 0 Å². The van der Waals surface area contributed by atoms with Gasteiger partial charge in [-0.15, -0.1) is 0 Å². The Kier molecular flexibility index (Phi) is 7.68. The number of methoxy groups -OCH3 is 1. The number of carbonyl (C=O) groups is 2. The van der Waals surface area contributed by atoms with Gasteiger partial charge in [0.1, 0.15) is 18.1 Å². The van der Waals surface area contributed by atoms with Crippen LogP contribution in [-0.2, 0) is 4.74 Å². The highest BCUT2D eigenvalue weighted by atomic mass is 16.5. The van der Waals surface area contributed by atoms with Crippen LogP contribution in [-0.4, -0.2) is 74.7 Å². The molecule has 0 aromatic heterocycles. The van der Waals surface area contributed by atoms with E-state index in [1.54, 1.807) is 53.3 Å². The van der Waals surface area contributed by atoms with Crippen LogP contribution in [0.25, 0.3) is 0 Å². The Morgan fingerprint density at radius 3 is 2.13 bits per heavy atom. The second kappa shape index (κ2) is 10.6. The number of hydrogen-bond acceptors (Lipinski definition) is 5. The molecule has 7 nitrogen and oxygen atoms in total. The van der Waals surface area contributed by atoms with Gasteiger partial charge in [0, 0.05) is 38.3 Å². The molecule has 2 aromatic carbocycles. The van der Waals surface area contributed by atoms with Crippen molar-refractivity contribution in [3.63, 3.8) is 0 Å². The van der Waals surface area contributed by atoms with Crippen molar-refractivity contribution in [2.75, 3.05) is 53.1 Å². The summed E-state index contributed by atoms with van der Waals surface area (Å²) >= 11 is 0. The van der Waals surface area contributed by atoms with Crippen molar-refractivity contribution in [3.05, 3.63) is 59.7 Å². The highest BCUT2D eigenvalue weighted by Gasteiger charge is 2.27. The van der Waals surface area contributed by atoms with Gasteiger partial charge in [0.05, 0.1) is 19.3 Å². The van der Waals surface area contributed by atoms with E-state index in [1.165, 1.54) is 0 Å². The Morgan fingerprint density at radius 1 is 0.867 bits per heavy atom. The van der Waals surface area contributed by atoms with E-state index in [-0.39, 0.29) is 11.8 Å². The number of benzene rings is 2. The molecule has 0 bridgehead atoms. The summed E-state index contributed by atoms with van der Waals surface area (Å²) in [5.74, 6) is 1.14. The molecule has 1 aliphatic heterocycles. The minimum absolute atomic E-state index is 0.0376. The fourth-order valence-corrected chi connectivity index (χ4v) is 3.32. The van der Waals surface area contributed by atoms with Gasteiger partial charge < -0.3 is 24.0 Å². The van der Waals surface area contributed by atoms with E-state index < -0.39 is 0 Å². The van der Waals surface area contributed by atoms with Gasteiger partial charge in [0.25, 0.3) is 11.8 Å². The number of rotatable bonds is 8. The molecule has 0 aliphatic carbocycles. The summed E-state index contributed by atoms with van der Waals surface area (Å²) in [6.45, 7) is 5.36. The molecule has 0 N–H and O–H groups in total. The molecule has 1 aliphatic rings. The Balaban J connectivity index is 1.58. The topological polar surface area (TPSA) is 68.3 Å². The van der Waals surface area contributed by atoms with Crippen molar-refractivity contribution >= 4 is 11.8 Å². The van der Waals surface area contributed by atoms with Gasteiger partial charge in [0.15, 0.2) is 0 Å². The van der Waals surface area contributed by atoms with Gasteiger partial charge in [-0.3, -0.25) is 9.59 Å². The number of ether oxygens (including phenoxy) is 3. The largest absolute Gasteiger partial charge is 0.497 e. The van der Waals surface area contributed by atoms with Crippen molar-refractivity contribution in [1.29, 1.82) is 0 Å². The van der Waals surface area contributed by atoms with Gasteiger partial charge in [0.2, 0.25) is 0 Å². The third kappa shape index (κ3) is 5.30. The second-order valence-corrected chi connectivity index (χ2v) is 6.85. The van der Waals surface area contributed by atoms with Crippen LogP contribution in [0.15, 0.2) is 48.5 Å². The maximum Gasteiger partial charge on any atom is 0.257 e. The molecule has 160 valence electrons. The number of para-hydroxylation sites is 1. The molecule has 0 saturated carbocycles. The number of nitrogens with zero attached hydrogens (tertiary/aromatic N) is 2. The Hall–Kier alpha value is -3.06. The van der Waals surface area contributed by atoms with Gasteiger partial charge in [-0.1, -0.05) is 12.1 Å². The molecular weight excluding hydrogens is 384 g/mol. The molecule has 2 amide bonds. The highest BCUT2D eigenvalue weighted by molar-refractivity contribution is 5.97. The maximum atomic E-state index is 13.0. The molecule has 0 spiro atoms. The fraction of sp³-hybridized carbons (Fsp3) is 0.391. The Labute approximate surface area is 177 Å². The molecular formula is C23H28N2O5. The van der Waals surface area contributed by atoms with Crippen LogP contribution in [0.4, 0.5) is 0 Å². The Bertz CT molecular complexity index is 845. The zero-order valence-electron chi connectivity index (χ0n) is 17.5. The molecule has 1 saturated heterocycles. The molecule has 2 aromatic rings. The van der Waals surface area contributed by atoms with E-state index in [9.17, 15) is 9.59 Å². The van der Waals surface area contributed by atoms with Gasteiger partial charge >= 0.3 is 0 Å². The van der Waals surface area contributed by atoms with E-state index in [4.69, 9.17) is 14.2 Å². The zero-order valence-corrected chi connectivity index (χ0v) is 17.5. The summed E-state index contributed by atoms with van der Waals surface area (Å²) in [5.41, 5.74) is 1.15. The van der Waals surface area contributed by atoms with Crippen LogP contribution < -0.4 is 9.47 Å². The van der Waals surface area contributed by atoms with Gasteiger partial charge in [-0.2, -0.15) is 0 Å². The number of carbonyl (C=O) groups excluding carboxylic acids is 2. The summed E-state index contributed by atoms with van der Waals surface area (Å²) in [6.07, 6.45) is 0. The molecule has 0 radical (unpaired) electrons. The first-order valence-corrected chi connectivity index (χ1v) is 10.2. The summed E-state index contributed by atoms with van der Waals surface area (Å²) in [4.78, 5) is 29.3. The van der Waals surface area contributed by atoms with Crippen LogP contribution in [0.1, 0.15) is 27.6 Å². The van der Waals surface area contributed by atoms with Crippen LogP contribution >= 0.6 is 0 Å². The van der Waals surface area contributed by atoms with E-state index in [0.29, 0.717) is 68.6 Å². The number of amides is 2. The van der Waals surface area contributed by atoms with E-state index >= 15 is 0 Å². The average molecular weight is 412 g/mol. The third-order valence-electron chi connectivity index (χ3n) is 5.00. The van der Waals surface area contributed by atoms with Crippen LogP contribution in [0, 0.1) is 0 Å². The van der Waals surface area contributed by atoms with Crippen molar-refractivity contribution in [2.24, 2.45) is 0 Å². The number of hydrogen-bond donors (Lipinski definition) is 0. The van der Waals surface area contributed by atoms with E-state index in [1.807, 2.05) is 19.1 Å². The number of piperazine rings is 1. The molecule has 0 unspecified atom stereocenters. The van der Waals surface area contributed by atoms with Crippen molar-refractivity contribution in [3.8, 4) is 11.5 Å². The van der Waals surface area contributed by atoms with Gasteiger partial charge in [-0.05, 0) is 43.3 Å². The smallest absolute Gasteiger partial charge is 0.257 e. The van der Waals surface area contributed by atoms with Gasteiger partial charge in [-0.25, -0.2) is 0 Å². The molecule has 30 heavy (non-hydrogen) atoms. The summed E-state index contributed by atoms with van der Waals surface area (Å²) < 4.78 is 16.2. The standard InChI is InChI=1S/C23H28N2O5/c1-3-29-16-17-30-21-7-5-4-6-20(21)23(27)25-14-12-24(13-15-25)22(26)18-8-10-19(28-2)11-9-18/h4-11H,3,12-17H2,1-2H3. The highest BCUT2D eigenvalue weighted by Crippen LogP contribution is 2.21. The minimum Gasteiger partial charge on any atom is -0.497 e. The lowest BCUT2D eigenvalue weighted by Crippen LogP contribution is -2.50. The minimum atomic E-state index is -0.0847.